The molecule has 1 aliphatic carbocycles. The molecule has 0 spiro atoms. The Labute approximate surface area is 95.9 Å². The van der Waals surface area contributed by atoms with Crippen molar-refractivity contribution >= 4 is 5.69 Å². The average Bonchev–Trinajstić information content (AvgIpc) is 2.75. The van der Waals surface area contributed by atoms with Crippen molar-refractivity contribution in [1.29, 1.82) is 0 Å². The molecule has 0 saturated heterocycles. The summed E-state index contributed by atoms with van der Waals surface area (Å²) in [6.07, 6.45) is 3.73. The molecule has 0 aromatic heterocycles. The zero-order chi connectivity index (χ0) is 11.3. The highest BCUT2D eigenvalue weighted by Gasteiger charge is 2.40. The molecule has 0 bridgehead atoms. The second-order valence-corrected chi connectivity index (χ2v) is 5.04. The van der Waals surface area contributed by atoms with Crippen molar-refractivity contribution < 1.29 is 5.11 Å². The number of hydrogen-bond donors (Lipinski definition) is 2. The minimum Gasteiger partial charge on any atom is -0.508 e. The first-order valence-corrected chi connectivity index (χ1v) is 6.00. The summed E-state index contributed by atoms with van der Waals surface area (Å²) < 4.78 is 0. The maximum absolute atomic E-state index is 9.56. The molecule has 2 aliphatic rings. The van der Waals surface area contributed by atoms with Gasteiger partial charge in [0, 0.05) is 24.8 Å². The van der Waals surface area contributed by atoms with Crippen LogP contribution in [0.3, 0.4) is 0 Å². The van der Waals surface area contributed by atoms with Crippen molar-refractivity contribution in [3.8, 4) is 5.75 Å². The normalized spacial score (nSPS) is 32.4. The van der Waals surface area contributed by atoms with E-state index >= 15 is 0 Å². The Hall–Kier alpha value is -1.22. The summed E-state index contributed by atoms with van der Waals surface area (Å²) in [5.41, 5.74) is 8.62. The fraction of sp³-hybridized carbons (Fsp3) is 0.538. The van der Waals surface area contributed by atoms with E-state index in [1.807, 2.05) is 12.1 Å². The molecule has 0 amide bonds. The smallest absolute Gasteiger partial charge is 0.116 e. The van der Waals surface area contributed by atoms with Gasteiger partial charge < -0.3 is 15.7 Å². The molecule has 3 unspecified atom stereocenters. The first-order chi connectivity index (χ1) is 7.68. The van der Waals surface area contributed by atoms with Gasteiger partial charge in [-0.3, -0.25) is 0 Å². The Balaban J connectivity index is 2.11. The van der Waals surface area contributed by atoms with Crippen molar-refractivity contribution in [2.24, 2.45) is 11.7 Å². The van der Waals surface area contributed by atoms with Gasteiger partial charge in [-0.2, -0.15) is 0 Å². The molecule has 1 aromatic carbocycles. The van der Waals surface area contributed by atoms with E-state index in [2.05, 4.69) is 11.9 Å². The zero-order valence-corrected chi connectivity index (χ0v) is 9.56. The van der Waals surface area contributed by atoms with Crippen LogP contribution in [0.5, 0.6) is 5.75 Å². The number of benzene rings is 1. The summed E-state index contributed by atoms with van der Waals surface area (Å²) in [5, 5.41) is 9.56. The largest absolute Gasteiger partial charge is 0.508 e. The number of phenolic OH excluding ortho intramolecular Hbond substituents is 1. The van der Waals surface area contributed by atoms with Gasteiger partial charge in [0.15, 0.2) is 0 Å². The Morgan fingerprint density at radius 3 is 3.00 bits per heavy atom. The van der Waals surface area contributed by atoms with Crippen LogP contribution in [0.15, 0.2) is 18.2 Å². The van der Waals surface area contributed by atoms with Gasteiger partial charge in [-0.15, -0.1) is 0 Å². The van der Waals surface area contributed by atoms with Crippen LogP contribution >= 0.6 is 0 Å². The summed E-state index contributed by atoms with van der Waals surface area (Å²) >= 11 is 0. The molecule has 0 radical (unpaired) electrons. The van der Waals surface area contributed by atoms with E-state index in [1.165, 1.54) is 24.9 Å². The van der Waals surface area contributed by atoms with E-state index in [9.17, 15) is 5.11 Å². The number of phenols is 1. The van der Waals surface area contributed by atoms with Crippen molar-refractivity contribution in [1.82, 2.24) is 0 Å². The van der Waals surface area contributed by atoms with E-state index in [1.54, 1.807) is 6.07 Å². The van der Waals surface area contributed by atoms with Crippen molar-refractivity contribution in [2.75, 3.05) is 11.9 Å². The van der Waals surface area contributed by atoms with E-state index in [0.717, 1.165) is 5.56 Å². The number of nitrogens with zero attached hydrogens (tertiary/aromatic N) is 1. The maximum atomic E-state index is 9.56. The number of hydrogen-bond acceptors (Lipinski definition) is 3. The molecule has 3 atom stereocenters. The Morgan fingerprint density at radius 2 is 2.19 bits per heavy atom. The molecule has 1 fully saturated rings. The lowest BCUT2D eigenvalue weighted by molar-refractivity contribution is 0.368. The summed E-state index contributed by atoms with van der Waals surface area (Å²) in [7, 11) is 2.14. The third-order valence-electron chi connectivity index (χ3n) is 4.24. The van der Waals surface area contributed by atoms with Crippen LogP contribution < -0.4 is 10.6 Å². The number of rotatable bonds is 0. The summed E-state index contributed by atoms with van der Waals surface area (Å²) in [4.78, 5) is 2.34. The molecule has 86 valence electrons. The number of aromatic hydroxyl groups is 1. The molecule has 1 aromatic rings. The van der Waals surface area contributed by atoms with Gasteiger partial charge in [0.25, 0.3) is 0 Å². The summed E-state index contributed by atoms with van der Waals surface area (Å²) in [6, 6.07) is 6.24. The van der Waals surface area contributed by atoms with Crippen LogP contribution in [-0.2, 0) is 0 Å². The maximum Gasteiger partial charge on any atom is 0.116 e. The van der Waals surface area contributed by atoms with Gasteiger partial charge >= 0.3 is 0 Å². The van der Waals surface area contributed by atoms with Gasteiger partial charge in [0.05, 0.1) is 0 Å². The minimum atomic E-state index is 0.0887. The van der Waals surface area contributed by atoms with Crippen LogP contribution in [-0.4, -0.2) is 18.2 Å². The van der Waals surface area contributed by atoms with E-state index in [4.69, 9.17) is 5.73 Å². The molecular formula is C13H18N2O. The monoisotopic (exact) mass is 218 g/mol. The highest BCUT2D eigenvalue weighted by molar-refractivity contribution is 5.60. The van der Waals surface area contributed by atoms with Gasteiger partial charge in [-0.25, -0.2) is 0 Å². The molecule has 1 heterocycles. The predicted octanol–water partition coefficient (Wildman–Crippen LogP) is 2.01. The second-order valence-electron chi connectivity index (χ2n) is 5.04. The molecule has 1 aliphatic heterocycles. The fourth-order valence-electron chi connectivity index (χ4n) is 3.41. The van der Waals surface area contributed by atoms with Crippen LogP contribution in [0.25, 0.3) is 0 Å². The van der Waals surface area contributed by atoms with Crippen molar-refractivity contribution in [2.45, 2.75) is 31.3 Å². The van der Waals surface area contributed by atoms with E-state index in [0.29, 0.717) is 17.7 Å². The minimum absolute atomic E-state index is 0.0887. The lowest BCUT2D eigenvalue weighted by atomic mass is 9.83. The lowest BCUT2D eigenvalue weighted by Crippen LogP contribution is -2.44. The Morgan fingerprint density at radius 1 is 1.38 bits per heavy atom. The third kappa shape index (κ3) is 1.24. The number of nitrogens with two attached hydrogens (primary N) is 1. The van der Waals surface area contributed by atoms with Crippen LogP contribution in [0, 0.1) is 5.92 Å². The second kappa shape index (κ2) is 3.39. The van der Waals surface area contributed by atoms with Crippen LogP contribution in [0.1, 0.15) is 30.9 Å². The SMILES string of the molecule is CN1c2ccc(O)cc2C(N)C2CCCC21. The van der Waals surface area contributed by atoms with Crippen LogP contribution in [0.2, 0.25) is 0 Å². The highest BCUT2D eigenvalue weighted by Crippen LogP contribution is 2.46. The molecule has 3 heteroatoms. The standard InChI is InChI=1S/C13H18N2O/c1-15-11-4-2-3-9(11)13(14)10-7-8(16)5-6-12(10)15/h5-7,9,11,13,16H,2-4,14H2,1H3. The Kier molecular flexibility index (Phi) is 2.11. The fourth-order valence-corrected chi connectivity index (χ4v) is 3.41. The molecule has 3 N–H and O–H groups in total. The highest BCUT2D eigenvalue weighted by atomic mass is 16.3. The van der Waals surface area contributed by atoms with Gasteiger partial charge in [0.1, 0.15) is 5.75 Å². The quantitative estimate of drug-likeness (QED) is 0.700. The van der Waals surface area contributed by atoms with Gasteiger partial charge in [-0.05, 0) is 42.5 Å². The van der Waals surface area contributed by atoms with Gasteiger partial charge in [-0.1, -0.05) is 6.42 Å². The topological polar surface area (TPSA) is 49.5 Å². The summed E-state index contributed by atoms with van der Waals surface area (Å²) in [6.45, 7) is 0. The average molecular weight is 218 g/mol. The van der Waals surface area contributed by atoms with E-state index < -0.39 is 0 Å². The molecule has 16 heavy (non-hydrogen) atoms. The lowest BCUT2D eigenvalue weighted by Gasteiger charge is -2.41. The zero-order valence-electron chi connectivity index (χ0n) is 9.56. The Bertz CT molecular complexity index is 418. The molecular weight excluding hydrogens is 200 g/mol. The van der Waals surface area contributed by atoms with Crippen molar-refractivity contribution in [3.63, 3.8) is 0 Å². The summed E-state index contributed by atoms with van der Waals surface area (Å²) in [5.74, 6) is 0.873. The number of fused-ring (bicyclic) bond motifs is 2. The molecule has 3 rings (SSSR count). The van der Waals surface area contributed by atoms with Crippen LogP contribution in [0.4, 0.5) is 5.69 Å². The van der Waals surface area contributed by atoms with Crippen molar-refractivity contribution in [3.05, 3.63) is 23.8 Å². The molecule has 1 saturated carbocycles. The van der Waals surface area contributed by atoms with E-state index in [-0.39, 0.29) is 6.04 Å². The first kappa shape index (κ1) is 9.97. The number of anilines is 1. The first-order valence-electron chi connectivity index (χ1n) is 6.00. The van der Waals surface area contributed by atoms with Gasteiger partial charge in [0.2, 0.25) is 0 Å². The molecule has 3 nitrogen and oxygen atoms in total. The third-order valence-corrected chi connectivity index (χ3v) is 4.24. The predicted molar refractivity (Wildman–Crippen MR) is 64.6 cm³/mol.